The smallest absolute Gasteiger partial charge is 0.325 e. The van der Waals surface area contributed by atoms with E-state index in [4.69, 9.17) is 0 Å². The van der Waals surface area contributed by atoms with Gasteiger partial charge in [-0.05, 0) is 38.6 Å². The summed E-state index contributed by atoms with van der Waals surface area (Å²) in [6, 6.07) is 5.06. The Morgan fingerprint density at radius 3 is 2.70 bits per heavy atom. The third-order valence-electron chi connectivity index (χ3n) is 3.49. The molecule has 1 aromatic rings. The van der Waals surface area contributed by atoms with Gasteiger partial charge in [0.1, 0.15) is 0 Å². The number of likely N-dealkylation sites (tertiary alicyclic amines) is 1. The number of carbonyl (C=O) groups excluding carboxylic acids is 1. The number of amides is 1. The van der Waals surface area contributed by atoms with Crippen LogP contribution >= 0.6 is 0 Å². The summed E-state index contributed by atoms with van der Waals surface area (Å²) >= 11 is 0. The number of nitrogens with zero attached hydrogens (tertiary/aromatic N) is 1. The summed E-state index contributed by atoms with van der Waals surface area (Å²) in [6.07, 6.45) is -2.87. The molecule has 1 atom stereocenters. The van der Waals surface area contributed by atoms with Crippen molar-refractivity contribution >= 4 is 11.6 Å². The van der Waals surface area contributed by atoms with Crippen molar-refractivity contribution in [1.82, 2.24) is 4.90 Å². The summed E-state index contributed by atoms with van der Waals surface area (Å²) in [5, 5.41) is 2.42. The number of carbonyl (C=O) groups is 1. The van der Waals surface area contributed by atoms with Crippen molar-refractivity contribution in [2.45, 2.75) is 19.0 Å². The molecule has 1 fully saturated rings. The second-order valence-electron chi connectivity index (χ2n) is 5.13. The first-order valence-corrected chi connectivity index (χ1v) is 6.53. The Bertz CT molecular complexity index is 488. The van der Waals surface area contributed by atoms with Crippen molar-refractivity contribution in [1.29, 1.82) is 0 Å². The molecule has 1 saturated heterocycles. The molecule has 0 radical (unpaired) electrons. The van der Waals surface area contributed by atoms with Gasteiger partial charge in [0, 0.05) is 6.54 Å². The lowest BCUT2D eigenvalue weighted by atomic mass is 9.97. The summed E-state index contributed by atoms with van der Waals surface area (Å²) in [5.41, 5.74) is -0.976. The number of halogens is 3. The molecule has 1 aliphatic rings. The fourth-order valence-corrected chi connectivity index (χ4v) is 2.45. The van der Waals surface area contributed by atoms with Crippen LogP contribution in [0.15, 0.2) is 24.3 Å². The normalized spacial score (nSPS) is 20.7. The van der Waals surface area contributed by atoms with Crippen molar-refractivity contribution in [2.75, 3.05) is 25.5 Å². The molecule has 0 unspecified atom stereocenters. The average Bonchev–Trinajstić information content (AvgIpc) is 2.38. The number of anilines is 1. The van der Waals surface area contributed by atoms with Crippen LogP contribution < -0.4 is 5.32 Å². The zero-order valence-electron chi connectivity index (χ0n) is 11.2. The van der Waals surface area contributed by atoms with Gasteiger partial charge in [-0.3, -0.25) is 4.79 Å². The highest BCUT2D eigenvalue weighted by Gasteiger charge is 2.34. The number of hydrogen-bond donors (Lipinski definition) is 1. The summed E-state index contributed by atoms with van der Waals surface area (Å²) in [7, 11) is 1.91. The van der Waals surface area contributed by atoms with Crippen LogP contribution in [-0.4, -0.2) is 30.9 Å². The lowest BCUT2D eigenvalue weighted by Crippen LogP contribution is -2.38. The number of rotatable bonds is 2. The first kappa shape index (κ1) is 14.8. The maximum absolute atomic E-state index is 12.8. The second-order valence-corrected chi connectivity index (χ2v) is 5.13. The van der Waals surface area contributed by atoms with Crippen molar-refractivity contribution in [3.63, 3.8) is 0 Å². The Morgan fingerprint density at radius 1 is 1.35 bits per heavy atom. The van der Waals surface area contributed by atoms with E-state index < -0.39 is 11.7 Å². The van der Waals surface area contributed by atoms with Crippen LogP contribution in [0.3, 0.4) is 0 Å². The molecule has 20 heavy (non-hydrogen) atoms. The molecule has 0 saturated carbocycles. The molecule has 0 bridgehead atoms. The highest BCUT2D eigenvalue weighted by Crippen LogP contribution is 2.34. The molecule has 6 heteroatoms. The molecular formula is C14H17F3N2O. The van der Waals surface area contributed by atoms with Crippen molar-refractivity contribution in [2.24, 2.45) is 5.92 Å². The molecule has 1 amide bonds. The maximum Gasteiger partial charge on any atom is 0.418 e. The number of para-hydroxylation sites is 1. The Labute approximate surface area is 115 Å². The highest BCUT2D eigenvalue weighted by molar-refractivity contribution is 5.93. The Kier molecular flexibility index (Phi) is 4.32. The molecule has 0 aliphatic carbocycles. The van der Waals surface area contributed by atoms with E-state index in [1.54, 1.807) is 0 Å². The van der Waals surface area contributed by atoms with Crippen molar-refractivity contribution < 1.29 is 18.0 Å². The molecule has 2 rings (SSSR count). The van der Waals surface area contributed by atoms with E-state index in [0.717, 1.165) is 19.0 Å². The van der Waals surface area contributed by atoms with Crippen LogP contribution in [0.4, 0.5) is 18.9 Å². The van der Waals surface area contributed by atoms with Gasteiger partial charge in [0.15, 0.2) is 0 Å². The SMILES string of the molecule is CN1CCC[C@H](C(=O)Nc2ccccc2C(F)(F)F)C1. The van der Waals surface area contributed by atoms with Gasteiger partial charge in [-0.25, -0.2) is 0 Å². The molecule has 1 aromatic carbocycles. The Hall–Kier alpha value is -1.56. The number of hydrogen-bond acceptors (Lipinski definition) is 2. The minimum Gasteiger partial charge on any atom is -0.325 e. The quantitative estimate of drug-likeness (QED) is 0.906. The van der Waals surface area contributed by atoms with Gasteiger partial charge in [0.05, 0.1) is 17.2 Å². The van der Waals surface area contributed by atoms with Crippen LogP contribution in [0.1, 0.15) is 18.4 Å². The van der Waals surface area contributed by atoms with Crippen LogP contribution in [0.2, 0.25) is 0 Å². The predicted molar refractivity (Wildman–Crippen MR) is 70.3 cm³/mol. The molecule has 0 aromatic heterocycles. The number of nitrogens with one attached hydrogen (secondary N) is 1. The summed E-state index contributed by atoms with van der Waals surface area (Å²) < 4.78 is 38.5. The number of alkyl halides is 3. The van der Waals surface area contributed by atoms with E-state index in [2.05, 4.69) is 5.32 Å². The minimum atomic E-state index is -4.47. The third kappa shape index (κ3) is 3.50. The standard InChI is InChI=1S/C14H17F3N2O/c1-19-8-4-5-10(9-19)13(20)18-12-7-3-2-6-11(12)14(15,16)17/h2-3,6-7,10H,4-5,8-9H2,1H3,(H,18,20)/t10-/m0/s1. The van der Waals surface area contributed by atoms with Crippen LogP contribution in [0.5, 0.6) is 0 Å². The maximum atomic E-state index is 12.8. The van der Waals surface area contributed by atoms with Crippen molar-refractivity contribution in [3.05, 3.63) is 29.8 Å². The first-order valence-electron chi connectivity index (χ1n) is 6.53. The van der Waals surface area contributed by atoms with Crippen LogP contribution in [0.25, 0.3) is 0 Å². The molecule has 1 N–H and O–H groups in total. The van der Waals surface area contributed by atoms with Crippen LogP contribution in [-0.2, 0) is 11.0 Å². The van der Waals surface area contributed by atoms with E-state index in [9.17, 15) is 18.0 Å². The molecular weight excluding hydrogens is 269 g/mol. The predicted octanol–water partition coefficient (Wildman–Crippen LogP) is 2.99. The topological polar surface area (TPSA) is 32.3 Å². The zero-order chi connectivity index (χ0) is 14.8. The number of piperidine rings is 1. The second kappa shape index (κ2) is 5.83. The summed E-state index contributed by atoms with van der Waals surface area (Å²) in [4.78, 5) is 14.1. The zero-order valence-corrected chi connectivity index (χ0v) is 11.2. The van der Waals surface area contributed by atoms with E-state index in [1.807, 2.05) is 11.9 Å². The summed E-state index contributed by atoms with van der Waals surface area (Å²) in [6.45, 7) is 1.50. The fourth-order valence-electron chi connectivity index (χ4n) is 2.45. The van der Waals surface area contributed by atoms with Gasteiger partial charge in [0.2, 0.25) is 5.91 Å². The Balaban J connectivity index is 2.12. The highest BCUT2D eigenvalue weighted by atomic mass is 19.4. The molecule has 3 nitrogen and oxygen atoms in total. The lowest BCUT2D eigenvalue weighted by molar-refractivity contribution is -0.137. The van der Waals surface area contributed by atoms with Gasteiger partial charge < -0.3 is 10.2 Å². The summed E-state index contributed by atoms with van der Waals surface area (Å²) in [5.74, 6) is -0.594. The van der Waals surface area contributed by atoms with E-state index in [-0.39, 0.29) is 17.5 Å². The monoisotopic (exact) mass is 286 g/mol. The molecule has 1 heterocycles. The number of benzene rings is 1. The molecule has 1 aliphatic heterocycles. The third-order valence-corrected chi connectivity index (χ3v) is 3.49. The Morgan fingerprint density at radius 2 is 2.05 bits per heavy atom. The van der Waals surface area contributed by atoms with Crippen molar-refractivity contribution in [3.8, 4) is 0 Å². The average molecular weight is 286 g/mol. The first-order chi connectivity index (χ1) is 9.38. The fraction of sp³-hybridized carbons (Fsp3) is 0.500. The van der Waals surface area contributed by atoms with Crippen LogP contribution in [0, 0.1) is 5.92 Å². The van der Waals surface area contributed by atoms with E-state index >= 15 is 0 Å². The molecule has 110 valence electrons. The lowest BCUT2D eigenvalue weighted by Gasteiger charge is -2.29. The van der Waals surface area contributed by atoms with E-state index in [1.165, 1.54) is 18.2 Å². The van der Waals surface area contributed by atoms with Gasteiger partial charge in [-0.1, -0.05) is 12.1 Å². The van der Waals surface area contributed by atoms with Gasteiger partial charge in [0.25, 0.3) is 0 Å². The van der Waals surface area contributed by atoms with E-state index in [0.29, 0.717) is 13.0 Å². The molecule has 0 spiro atoms. The van der Waals surface area contributed by atoms with Gasteiger partial charge in [-0.15, -0.1) is 0 Å². The van der Waals surface area contributed by atoms with Gasteiger partial charge in [-0.2, -0.15) is 13.2 Å². The largest absolute Gasteiger partial charge is 0.418 e. The van der Waals surface area contributed by atoms with Gasteiger partial charge >= 0.3 is 6.18 Å². The minimum absolute atomic E-state index is 0.168.